The van der Waals surface area contributed by atoms with Crippen molar-refractivity contribution < 1.29 is 9.22 Å². The molecular formula is C28H26O2Si. The highest BCUT2D eigenvalue weighted by Crippen LogP contribution is 2.14. The zero-order chi connectivity index (χ0) is 21.5. The van der Waals surface area contributed by atoms with E-state index in [1.54, 1.807) is 0 Å². The smallest absolute Gasteiger partial charge is 0.288 e. The molecule has 0 amide bonds. The van der Waals surface area contributed by atoms with Crippen molar-refractivity contribution in [1.29, 1.82) is 0 Å². The molecule has 0 aliphatic carbocycles. The van der Waals surface area contributed by atoms with E-state index in [9.17, 15) is 4.79 Å². The van der Waals surface area contributed by atoms with Gasteiger partial charge in [0.2, 0.25) is 0 Å². The van der Waals surface area contributed by atoms with E-state index in [-0.39, 0.29) is 5.78 Å². The molecule has 0 aliphatic rings. The lowest BCUT2D eigenvalue weighted by atomic mass is 10.1. The Morgan fingerprint density at radius 1 is 0.645 bits per heavy atom. The van der Waals surface area contributed by atoms with Gasteiger partial charge in [-0.2, -0.15) is 0 Å². The second-order valence-electron chi connectivity index (χ2n) is 7.67. The van der Waals surface area contributed by atoms with Gasteiger partial charge in [-0.3, -0.25) is 4.79 Å². The molecule has 154 valence electrons. The average Bonchev–Trinajstić information content (AvgIpc) is 2.84. The highest BCUT2D eigenvalue weighted by molar-refractivity contribution is 7.07. The summed E-state index contributed by atoms with van der Waals surface area (Å²) in [5.41, 5.74) is 1.01. The molecule has 0 heterocycles. The number of carbonyl (C=O) groups is 1. The van der Waals surface area contributed by atoms with Gasteiger partial charge in [0.15, 0.2) is 5.78 Å². The number of hydrogen-bond acceptors (Lipinski definition) is 2. The monoisotopic (exact) mass is 422 g/mol. The van der Waals surface area contributed by atoms with Crippen molar-refractivity contribution in [1.82, 2.24) is 0 Å². The van der Waals surface area contributed by atoms with Gasteiger partial charge in [0, 0.05) is 6.42 Å². The Kier molecular flexibility index (Phi) is 6.56. The van der Waals surface area contributed by atoms with Crippen molar-refractivity contribution in [3.05, 3.63) is 127 Å². The van der Waals surface area contributed by atoms with Crippen LogP contribution in [0, 0.1) is 0 Å². The van der Waals surface area contributed by atoms with Gasteiger partial charge in [0.05, 0.1) is 0 Å². The third kappa shape index (κ3) is 4.58. The van der Waals surface area contributed by atoms with Crippen LogP contribution in [0.2, 0.25) is 0 Å². The minimum absolute atomic E-state index is 0.0888. The fraction of sp³-hybridized carbons (Fsp3) is 0.107. The molecule has 0 bridgehead atoms. The van der Waals surface area contributed by atoms with Crippen molar-refractivity contribution in [2.24, 2.45) is 0 Å². The quantitative estimate of drug-likeness (QED) is 0.318. The van der Waals surface area contributed by atoms with Gasteiger partial charge in [-0.25, -0.2) is 0 Å². The lowest BCUT2D eigenvalue weighted by Gasteiger charge is -2.35. The predicted molar refractivity (Wildman–Crippen MR) is 130 cm³/mol. The Hall–Kier alpha value is -3.27. The van der Waals surface area contributed by atoms with Crippen LogP contribution in [0.4, 0.5) is 0 Å². The van der Waals surface area contributed by atoms with Gasteiger partial charge in [-0.1, -0.05) is 121 Å². The molecule has 0 saturated carbocycles. The summed E-state index contributed by atoms with van der Waals surface area (Å²) in [6.07, 6.45) is -0.169. The highest BCUT2D eigenvalue weighted by Gasteiger charge is 2.44. The van der Waals surface area contributed by atoms with Gasteiger partial charge in [-0.15, -0.1) is 0 Å². The molecule has 31 heavy (non-hydrogen) atoms. The fourth-order valence-corrected chi connectivity index (χ4v) is 8.05. The lowest BCUT2D eigenvalue weighted by Crippen LogP contribution is -2.70. The van der Waals surface area contributed by atoms with Crippen LogP contribution in [-0.4, -0.2) is 20.2 Å². The van der Waals surface area contributed by atoms with E-state index in [2.05, 4.69) is 36.4 Å². The molecule has 0 fully saturated rings. The lowest BCUT2D eigenvalue weighted by molar-refractivity contribution is -0.124. The summed E-state index contributed by atoms with van der Waals surface area (Å²) in [6.45, 7) is 1.89. The van der Waals surface area contributed by atoms with E-state index < -0.39 is 14.4 Å². The molecule has 0 N–H and O–H groups in total. The normalized spacial score (nSPS) is 12.3. The maximum atomic E-state index is 13.2. The second-order valence-corrected chi connectivity index (χ2v) is 11.0. The standard InChI is InChI=1S/C28H26O2Si/c1-23(28(29)22-24-14-6-2-7-15-24)30-31(25-16-8-3-9-17-25,26-18-10-4-11-19-26)27-20-12-5-13-21-27/h2-21,23H,22H2,1H3. The van der Waals surface area contributed by atoms with Crippen LogP contribution in [0.3, 0.4) is 0 Å². The number of Topliss-reactive ketones (excluding diaryl/α,β-unsaturated/α-hetero) is 1. The molecule has 0 radical (unpaired) electrons. The molecule has 0 spiro atoms. The second kappa shape index (κ2) is 9.69. The molecule has 3 heteroatoms. The number of ketones is 1. The Labute approximate surface area is 185 Å². The zero-order valence-corrected chi connectivity index (χ0v) is 18.6. The van der Waals surface area contributed by atoms with Crippen LogP contribution in [0.1, 0.15) is 12.5 Å². The first-order valence-electron chi connectivity index (χ1n) is 10.6. The van der Waals surface area contributed by atoms with Gasteiger partial charge in [0.25, 0.3) is 8.32 Å². The topological polar surface area (TPSA) is 26.3 Å². The van der Waals surface area contributed by atoms with E-state index >= 15 is 0 Å². The number of benzene rings is 4. The highest BCUT2D eigenvalue weighted by atomic mass is 28.4. The van der Waals surface area contributed by atoms with Crippen LogP contribution >= 0.6 is 0 Å². The molecule has 0 aromatic heterocycles. The first-order valence-corrected chi connectivity index (χ1v) is 12.5. The van der Waals surface area contributed by atoms with Crippen LogP contribution in [-0.2, 0) is 15.6 Å². The fourth-order valence-electron chi connectivity index (χ4n) is 3.99. The van der Waals surface area contributed by atoms with Crippen molar-refractivity contribution in [2.75, 3.05) is 0 Å². The molecule has 4 aromatic carbocycles. The minimum atomic E-state index is -2.89. The molecule has 0 aliphatic heterocycles. The first kappa shape index (κ1) is 21.0. The zero-order valence-electron chi connectivity index (χ0n) is 17.6. The summed E-state index contributed by atoms with van der Waals surface area (Å²) in [5.74, 6) is 0.0888. The molecule has 4 rings (SSSR count). The Bertz CT molecular complexity index is 1000. The van der Waals surface area contributed by atoms with E-state index in [0.717, 1.165) is 21.1 Å². The largest absolute Gasteiger partial charge is 0.394 e. The molecular weight excluding hydrogens is 396 g/mol. The summed E-state index contributed by atoms with van der Waals surface area (Å²) >= 11 is 0. The molecule has 1 unspecified atom stereocenters. The van der Waals surface area contributed by atoms with Crippen LogP contribution in [0.25, 0.3) is 0 Å². The maximum absolute atomic E-state index is 13.2. The summed E-state index contributed by atoms with van der Waals surface area (Å²) in [7, 11) is -2.89. The number of carbonyl (C=O) groups excluding carboxylic acids is 1. The molecule has 1 atom stereocenters. The van der Waals surface area contributed by atoms with E-state index in [1.807, 2.05) is 91.9 Å². The van der Waals surface area contributed by atoms with E-state index in [4.69, 9.17) is 4.43 Å². The Morgan fingerprint density at radius 3 is 1.39 bits per heavy atom. The number of hydrogen-bond donors (Lipinski definition) is 0. The average molecular weight is 423 g/mol. The Balaban J connectivity index is 1.79. The minimum Gasteiger partial charge on any atom is -0.394 e. The van der Waals surface area contributed by atoms with E-state index in [1.165, 1.54) is 0 Å². The first-order chi connectivity index (χ1) is 15.2. The predicted octanol–water partition coefficient (Wildman–Crippen LogP) is 3.87. The van der Waals surface area contributed by atoms with E-state index in [0.29, 0.717) is 6.42 Å². The van der Waals surface area contributed by atoms with Crippen molar-refractivity contribution in [3.63, 3.8) is 0 Å². The van der Waals surface area contributed by atoms with Crippen molar-refractivity contribution in [3.8, 4) is 0 Å². The van der Waals surface area contributed by atoms with Crippen molar-refractivity contribution >= 4 is 29.7 Å². The third-order valence-corrected chi connectivity index (χ3v) is 9.72. The van der Waals surface area contributed by atoms with Gasteiger partial charge in [0.1, 0.15) is 6.10 Å². The van der Waals surface area contributed by atoms with Gasteiger partial charge < -0.3 is 4.43 Å². The SMILES string of the molecule is CC(O[Si](c1ccccc1)(c1ccccc1)c1ccccc1)C(=O)Cc1ccccc1. The Morgan fingerprint density at radius 2 is 1.00 bits per heavy atom. The third-order valence-electron chi connectivity index (χ3n) is 5.57. The van der Waals surface area contributed by atoms with Crippen LogP contribution < -0.4 is 15.6 Å². The summed E-state index contributed by atoms with van der Waals surface area (Å²) in [5, 5.41) is 3.39. The molecule has 2 nitrogen and oxygen atoms in total. The molecule has 0 saturated heterocycles. The van der Waals surface area contributed by atoms with Gasteiger partial charge >= 0.3 is 0 Å². The molecule has 4 aromatic rings. The summed E-state index contributed by atoms with van der Waals surface area (Å²) < 4.78 is 6.92. The number of rotatable bonds is 8. The van der Waals surface area contributed by atoms with Crippen molar-refractivity contribution in [2.45, 2.75) is 19.4 Å². The van der Waals surface area contributed by atoms with Crippen LogP contribution in [0.15, 0.2) is 121 Å². The summed E-state index contributed by atoms with van der Waals surface area (Å²) in [6, 6.07) is 40.9. The van der Waals surface area contributed by atoms with Gasteiger partial charge in [-0.05, 0) is 28.0 Å². The van der Waals surface area contributed by atoms with Crippen LogP contribution in [0.5, 0.6) is 0 Å². The summed E-state index contributed by atoms with van der Waals surface area (Å²) in [4.78, 5) is 13.2. The maximum Gasteiger partial charge on any atom is 0.288 e.